The molecule has 0 aliphatic carbocycles. The third kappa shape index (κ3) is 3.37. The van der Waals surface area contributed by atoms with Gasteiger partial charge in [-0.1, -0.05) is 0 Å². The fourth-order valence-electron chi connectivity index (χ4n) is 2.29. The first-order valence-electron chi connectivity index (χ1n) is 6.03. The molecule has 1 saturated heterocycles. The van der Waals surface area contributed by atoms with E-state index >= 15 is 0 Å². The number of esters is 1. The zero-order valence-electron chi connectivity index (χ0n) is 11.1. The van der Waals surface area contributed by atoms with E-state index in [0.29, 0.717) is 31.6 Å². The molecule has 0 saturated carbocycles. The van der Waals surface area contributed by atoms with E-state index in [0.717, 1.165) is 6.07 Å². The van der Waals surface area contributed by atoms with Gasteiger partial charge in [-0.15, -0.1) is 12.4 Å². The number of halogens is 3. The first-order valence-corrected chi connectivity index (χ1v) is 6.03. The predicted molar refractivity (Wildman–Crippen MR) is 74.0 cm³/mol. The van der Waals surface area contributed by atoms with E-state index in [9.17, 15) is 13.6 Å². The molecule has 7 heteroatoms. The molecule has 0 radical (unpaired) electrons. The van der Waals surface area contributed by atoms with Crippen LogP contribution in [0.5, 0.6) is 0 Å². The summed E-state index contributed by atoms with van der Waals surface area (Å²) in [6.07, 6.45) is 0.773. The van der Waals surface area contributed by atoms with Crippen molar-refractivity contribution in [3.8, 4) is 0 Å². The summed E-state index contributed by atoms with van der Waals surface area (Å²) in [7, 11) is 1.30. The third-order valence-electron chi connectivity index (χ3n) is 3.46. The molecule has 20 heavy (non-hydrogen) atoms. The first kappa shape index (κ1) is 16.7. The lowest BCUT2D eigenvalue weighted by atomic mass is 9.88. The van der Waals surface area contributed by atoms with Gasteiger partial charge in [-0.2, -0.15) is 0 Å². The molecule has 1 aromatic carbocycles. The number of nitrogens with two attached hydrogens (primary N) is 1. The second kappa shape index (κ2) is 6.37. The number of benzene rings is 1. The van der Waals surface area contributed by atoms with Gasteiger partial charge in [0.05, 0.1) is 7.11 Å². The number of nitrogens with zero attached hydrogens (tertiary/aromatic N) is 1. The third-order valence-corrected chi connectivity index (χ3v) is 3.46. The number of ether oxygens (including phenoxy) is 1. The summed E-state index contributed by atoms with van der Waals surface area (Å²) < 4.78 is 31.0. The Hall–Kier alpha value is -1.40. The maximum Gasteiger partial charge on any atom is 0.325 e. The second-order valence-electron chi connectivity index (χ2n) is 4.76. The van der Waals surface area contributed by atoms with Gasteiger partial charge >= 0.3 is 5.97 Å². The largest absolute Gasteiger partial charge is 0.468 e. The van der Waals surface area contributed by atoms with Gasteiger partial charge in [0.1, 0.15) is 17.2 Å². The molecule has 0 aromatic heterocycles. The average Bonchev–Trinajstić information content (AvgIpc) is 2.37. The number of hydrogen-bond donors (Lipinski definition) is 1. The van der Waals surface area contributed by atoms with Gasteiger partial charge in [-0.05, 0) is 25.0 Å². The molecule has 2 rings (SSSR count). The summed E-state index contributed by atoms with van der Waals surface area (Å²) >= 11 is 0. The first-order chi connectivity index (χ1) is 8.94. The van der Waals surface area contributed by atoms with E-state index in [2.05, 4.69) is 4.74 Å². The molecule has 1 fully saturated rings. The minimum absolute atomic E-state index is 0. The number of anilines is 1. The number of hydrogen-bond acceptors (Lipinski definition) is 4. The Kier molecular flexibility index (Phi) is 5.30. The van der Waals surface area contributed by atoms with Gasteiger partial charge in [0.15, 0.2) is 0 Å². The molecular weight excluding hydrogens is 290 g/mol. The van der Waals surface area contributed by atoms with E-state index in [1.54, 1.807) is 4.90 Å². The lowest BCUT2D eigenvalue weighted by Gasteiger charge is -2.38. The number of carbonyl (C=O) groups excluding carboxylic acids is 1. The normalized spacial score (nSPS) is 17.3. The van der Waals surface area contributed by atoms with E-state index in [4.69, 9.17) is 5.73 Å². The fraction of sp³-hybridized carbons (Fsp3) is 0.462. The highest BCUT2D eigenvalue weighted by Crippen LogP contribution is 2.26. The summed E-state index contributed by atoms with van der Waals surface area (Å²) in [5, 5.41) is 0. The molecule has 0 amide bonds. The summed E-state index contributed by atoms with van der Waals surface area (Å²) in [4.78, 5) is 13.4. The van der Waals surface area contributed by atoms with Crippen LogP contribution in [0.1, 0.15) is 12.8 Å². The van der Waals surface area contributed by atoms with Gasteiger partial charge in [-0.3, -0.25) is 4.79 Å². The van der Waals surface area contributed by atoms with Crippen molar-refractivity contribution >= 4 is 24.1 Å². The molecule has 1 aromatic rings. The molecule has 2 N–H and O–H groups in total. The van der Waals surface area contributed by atoms with Crippen LogP contribution in [0.3, 0.4) is 0 Å². The molecule has 112 valence electrons. The number of carbonyl (C=O) groups is 1. The highest BCUT2D eigenvalue weighted by atomic mass is 35.5. The molecule has 0 atom stereocenters. The lowest BCUT2D eigenvalue weighted by molar-refractivity contribution is -0.147. The Morgan fingerprint density at radius 2 is 1.75 bits per heavy atom. The van der Waals surface area contributed by atoms with Crippen LogP contribution in [-0.4, -0.2) is 31.7 Å². The highest BCUT2D eigenvalue weighted by Gasteiger charge is 2.38. The van der Waals surface area contributed by atoms with Gasteiger partial charge in [0.25, 0.3) is 0 Å². The predicted octanol–water partition coefficient (Wildman–Crippen LogP) is 1.86. The van der Waals surface area contributed by atoms with Gasteiger partial charge in [0.2, 0.25) is 0 Å². The fourth-order valence-corrected chi connectivity index (χ4v) is 2.29. The Morgan fingerprint density at radius 3 is 2.20 bits per heavy atom. The van der Waals surface area contributed by atoms with Crippen LogP contribution in [0.2, 0.25) is 0 Å². The molecule has 0 unspecified atom stereocenters. The van der Waals surface area contributed by atoms with Gasteiger partial charge in [-0.25, -0.2) is 8.78 Å². The maximum absolute atomic E-state index is 13.2. The van der Waals surface area contributed by atoms with Gasteiger partial charge < -0.3 is 15.4 Å². The maximum atomic E-state index is 13.2. The van der Waals surface area contributed by atoms with Crippen LogP contribution >= 0.6 is 12.4 Å². The van der Waals surface area contributed by atoms with E-state index < -0.39 is 23.1 Å². The van der Waals surface area contributed by atoms with Crippen molar-refractivity contribution in [2.75, 3.05) is 25.1 Å². The van der Waals surface area contributed by atoms with E-state index in [1.165, 1.54) is 19.2 Å². The number of piperidine rings is 1. The van der Waals surface area contributed by atoms with Crippen LogP contribution in [0.15, 0.2) is 18.2 Å². The lowest BCUT2D eigenvalue weighted by Crippen LogP contribution is -2.56. The molecular formula is C13H17ClF2N2O2. The highest BCUT2D eigenvalue weighted by molar-refractivity contribution is 5.85. The molecule has 1 heterocycles. The number of rotatable bonds is 2. The van der Waals surface area contributed by atoms with Crippen LogP contribution in [-0.2, 0) is 9.53 Å². The number of methoxy groups -OCH3 is 1. The SMILES string of the molecule is COC(=O)C1(N)CCN(c2cc(F)cc(F)c2)CC1.Cl. The Bertz CT molecular complexity index is 471. The van der Waals surface area contributed by atoms with E-state index in [1.807, 2.05) is 0 Å². The molecule has 0 spiro atoms. The van der Waals surface area contributed by atoms with Crippen molar-refractivity contribution in [2.45, 2.75) is 18.4 Å². The molecule has 0 bridgehead atoms. The molecule has 4 nitrogen and oxygen atoms in total. The van der Waals surface area contributed by atoms with Crippen molar-refractivity contribution in [1.29, 1.82) is 0 Å². The topological polar surface area (TPSA) is 55.6 Å². The van der Waals surface area contributed by atoms with Gasteiger partial charge in [0, 0.05) is 24.8 Å². The Labute approximate surface area is 122 Å². The molecule has 1 aliphatic rings. The minimum atomic E-state index is -1.00. The standard InChI is InChI=1S/C13H16F2N2O2.ClH/c1-19-12(18)13(16)2-4-17(5-3-13)11-7-9(14)6-10(15)8-11;/h6-8H,2-5,16H2,1H3;1H. The van der Waals surface area contributed by atoms with Crippen LogP contribution in [0, 0.1) is 11.6 Å². The Morgan fingerprint density at radius 1 is 1.25 bits per heavy atom. The van der Waals surface area contributed by atoms with Crippen LogP contribution in [0.4, 0.5) is 14.5 Å². The van der Waals surface area contributed by atoms with Crippen molar-refractivity contribution < 1.29 is 18.3 Å². The summed E-state index contributed by atoms with van der Waals surface area (Å²) in [5.74, 6) is -1.68. The summed E-state index contributed by atoms with van der Waals surface area (Å²) in [6.45, 7) is 0.906. The van der Waals surface area contributed by atoms with Crippen molar-refractivity contribution in [3.05, 3.63) is 29.8 Å². The van der Waals surface area contributed by atoms with Crippen LogP contribution < -0.4 is 10.6 Å². The zero-order chi connectivity index (χ0) is 14.0. The molecule has 1 aliphatic heterocycles. The van der Waals surface area contributed by atoms with Crippen molar-refractivity contribution in [3.63, 3.8) is 0 Å². The van der Waals surface area contributed by atoms with Crippen LogP contribution in [0.25, 0.3) is 0 Å². The monoisotopic (exact) mass is 306 g/mol. The van der Waals surface area contributed by atoms with E-state index in [-0.39, 0.29) is 12.4 Å². The summed E-state index contributed by atoms with van der Waals surface area (Å²) in [5.41, 5.74) is 5.42. The zero-order valence-corrected chi connectivity index (χ0v) is 11.9. The average molecular weight is 307 g/mol. The van der Waals surface area contributed by atoms with Crippen molar-refractivity contribution in [2.24, 2.45) is 5.73 Å². The quantitative estimate of drug-likeness (QED) is 0.847. The summed E-state index contributed by atoms with van der Waals surface area (Å²) in [6, 6.07) is 3.37. The minimum Gasteiger partial charge on any atom is -0.468 e. The second-order valence-corrected chi connectivity index (χ2v) is 4.76. The van der Waals surface area contributed by atoms with Crippen molar-refractivity contribution in [1.82, 2.24) is 0 Å². The smallest absolute Gasteiger partial charge is 0.325 e. The Balaban J connectivity index is 0.00000200.